The van der Waals surface area contributed by atoms with E-state index in [9.17, 15) is 0 Å². The molecule has 4 N–H and O–H groups in total. The SMILES string of the molecule is NCCc1nnc(CN)nn1. The zero-order valence-electron chi connectivity index (χ0n) is 6.06. The summed E-state index contributed by atoms with van der Waals surface area (Å²) in [5.74, 6) is 1.01. The summed E-state index contributed by atoms with van der Waals surface area (Å²) >= 11 is 0. The fourth-order valence-electron chi connectivity index (χ4n) is 0.582. The zero-order chi connectivity index (χ0) is 8.10. The first kappa shape index (κ1) is 7.96. The lowest BCUT2D eigenvalue weighted by atomic mass is 10.4. The van der Waals surface area contributed by atoms with Gasteiger partial charge in [0.2, 0.25) is 0 Å². The molecule has 0 atom stereocenters. The van der Waals surface area contributed by atoms with Gasteiger partial charge in [-0.15, -0.1) is 20.4 Å². The van der Waals surface area contributed by atoms with E-state index >= 15 is 0 Å². The summed E-state index contributed by atoms with van der Waals surface area (Å²) in [6.07, 6.45) is 0.602. The maximum atomic E-state index is 5.27. The Morgan fingerprint density at radius 2 is 1.45 bits per heavy atom. The van der Waals surface area contributed by atoms with Crippen LogP contribution in [0, 0.1) is 0 Å². The van der Waals surface area contributed by atoms with Gasteiger partial charge in [-0.2, -0.15) is 0 Å². The molecule has 0 radical (unpaired) electrons. The van der Waals surface area contributed by atoms with Crippen LogP contribution in [0.1, 0.15) is 11.6 Å². The van der Waals surface area contributed by atoms with Crippen molar-refractivity contribution in [2.75, 3.05) is 6.54 Å². The summed E-state index contributed by atoms with van der Waals surface area (Å²) in [6, 6.07) is 0. The molecular formula is C5H10N6. The van der Waals surface area contributed by atoms with Gasteiger partial charge in [0, 0.05) is 6.42 Å². The second kappa shape index (κ2) is 3.89. The van der Waals surface area contributed by atoms with Crippen LogP contribution in [-0.2, 0) is 13.0 Å². The molecule has 0 saturated heterocycles. The molecule has 0 saturated carbocycles. The maximum Gasteiger partial charge on any atom is 0.187 e. The Labute approximate surface area is 64.0 Å². The summed E-state index contributed by atoms with van der Waals surface area (Å²) in [5, 5.41) is 14.9. The minimum Gasteiger partial charge on any atom is -0.330 e. The van der Waals surface area contributed by atoms with Crippen LogP contribution < -0.4 is 11.5 Å². The highest BCUT2D eigenvalue weighted by Crippen LogP contribution is 1.85. The van der Waals surface area contributed by atoms with Crippen LogP contribution in [0.5, 0.6) is 0 Å². The predicted octanol–water partition coefficient (Wildman–Crippen LogP) is -1.77. The first-order valence-electron chi connectivity index (χ1n) is 3.32. The lowest BCUT2D eigenvalue weighted by molar-refractivity contribution is 0.694. The Hall–Kier alpha value is -1.14. The Morgan fingerprint density at radius 3 is 1.91 bits per heavy atom. The topological polar surface area (TPSA) is 104 Å². The van der Waals surface area contributed by atoms with Crippen molar-refractivity contribution >= 4 is 0 Å². The van der Waals surface area contributed by atoms with E-state index in [1.54, 1.807) is 0 Å². The van der Waals surface area contributed by atoms with E-state index in [1.807, 2.05) is 0 Å². The fourth-order valence-corrected chi connectivity index (χ4v) is 0.582. The maximum absolute atomic E-state index is 5.27. The van der Waals surface area contributed by atoms with E-state index in [2.05, 4.69) is 20.4 Å². The van der Waals surface area contributed by atoms with E-state index in [0.717, 1.165) is 0 Å². The Morgan fingerprint density at radius 1 is 0.909 bits per heavy atom. The quantitative estimate of drug-likeness (QED) is 0.533. The number of nitrogens with zero attached hydrogens (tertiary/aromatic N) is 4. The second-order valence-corrected chi connectivity index (χ2v) is 1.98. The Kier molecular flexibility index (Phi) is 2.82. The van der Waals surface area contributed by atoms with E-state index in [1.165, 1.54) is 0 Å². The van der Waals surface area contributed by atoms with Gasteiger partial charge in [0.25, 0.3) is 0 Å². The average molecular weight is 154 g/mol. The Bertz CT molecular complexity index is 207. The number of nitrogens with two attached hydrogens (primary N) is 2. The van der Waals surface area contributed by atoms with E-state index < -0.39 is 0 Å². The van der Waals surface area contributed by atoms with Gasteiger partial charge in [-0.25, -0.2) is 0 Å². The van der Waals surface area contributed by atoms with Gasteiger partial charge in [-0.1, -0.05) is 0 Å². The van der Waals surface area contributed by atoms with Crippen molar-refractivity contribution in [3.63, 3.8) is 0 Å². The van der Waals surface area contributed by atoms with Crippen LogP contribution in [0.25, 0.3) is 0 Å². The Balaban J connectivity index is 2.66. The molecule has 0 unspecified atom stereocenters. The van der Waals surface area contributed by atoms with Crippen molar-refractivity contribution in [1.82, 2.24) is 20.4 Å². The summed E-state index contributed by atoms with van der Waals surface area (Å²) in [5.41, 5.74) is 10.5. The smallest absolute Gasteiger partial charge is 0.187 e. The minimum atomic E-state index is 0.267. The highest BCUT2D eigenvalue weighted by molar-refractivity contribution is 4.81. The van der Waals surface area contributed by atoms with Crippen molar-refractivity contribution in [3.8, 4) is 0 Å². The molecule has 0 fully saturated rings. The van der Waals surface area contributed by atoms with Crippen LogP contribution in [0.2, 0.25) is 0 Å². The molecule has 11 heavy (non-hydrogen) atoms. The van der Waals surface area contributed by atoms with E-state index in [0.29, 0.717) is 24.6 Å². The third-order valence-corrected chi connectivity index (χ3v) is 1.11. The highest BCUT2D eigenvalue weighted by atomic mass is 15.3. The van der Waals surface area contributed by atoms with Crippen molar-refractivity contribution in [1.29, 1.82) is 0 Å². The van der Waals surface area contributed by atoms with Crippen molar-refractivity contribution in [2.45, 2.75) is 13.0 Å². The molecule has 0 bridgehead atoms. The van der Waals surface area contributed by atoms with Gasteiger partial charge >= 0.3 is 0 Å². The minimum absolute atomic E-state index is 0.267. The summed E-state index contributed by atoms with van der Waals surface area (Å²) < 4.78 is 0. The summed E-state index contributed by atoms with van der Waals surface area (Å²) in [4.78, 5) is 0. The summed E-state index contributed by atoms with van der Waals surface area (Å²) in [7, 11) is 0. The third kappa shape index (κ3) is 2.17. The van der Waals surface area contributed by atoms with Gasteiger partial charge in [0.15, 0.2) is 11.6 Å². The van der Waals surface area contributed by atoms with Gasteiger partial charge in [-0.05, 0) is 6.54 Å². The first-order valence-corrected chi connectivity index (χ1v) is 3.32. The average Bonchev–Trinajstić information content (AvgIpc) is 2.07. The van der Waals surface area contributed by atoms with Crippen LogP contribution in [0.4, 0.5) is 0 Å². The van der Waals surface area contributed by atoms with Gasteiger partial charge < -0.3 is 11.5 Å². The third-order valence-electron chi connectivity index (χ3n) is 1.11. The van der Waals surface area contributed by atoms with Crippen LogP contribution in [0.3, 0.4) is 0 Å². The van der Waals surface area contributed by atoms with Gasteiger partial charge in [0.05, 0.1) is 6.54 Å². The molecule has 0 aliphatic rings. The fraction of sp³-hybridized carbons (Fsp3) is 0.600. The lowest BCUT2D eigenvalue weighted by Gasteiger charge is -1.94. The molecule has 0 aromatic carbocycles. The number of rotatable bonds is 3. The molecule has 1 heterocycles. The lowest BCUT2D eigenvalue weighted by Crippen LogP contribution is -2.12. The monoisotopic (exact) mass is 154 g/mol. The molecule has 0 spiro atoms. The molecule has 1 aromatic heterocycles. The van der Waals surface area contributed by atoms with Gasteiger partial charge in [-0.3, -0.25) is 0 Å². The van der Waals surface area contributed by atoms with E-state index in [-0.39, 0.29) is 6.54 Å². The van der Waals surface area contributed by atoms with Crippen LogP contribution >= 0.6 is 0 Å². The van der Waals surface area contributed by atoms with Crippen LogP contribution in [-0.4, -0.2) is 26.9 Å². The van der Waals surface area contributed by atoms with Crippen LogP contribution in [0.15, 0.2) is 0 Å². The molecule has 1 aromatic rings. The zero-order valence-corrected chi connectivity index (χ0v) is 6.06. The number of hydrogen-bond acceptors (Lipinski definition) is 6. The van der Waals surface area contributed by atoms with Crippen molar-refractivity contribution < 1.29 is 0 Å². The number of aromatic nitrogens is 4. The molecule has 6 nitrogen and oxygen atoms in total. The summed E-state index contributed by atoms with van der Waals surface area (Å²) in [6.45, 7) is 0.772. The molecule has 0 aliphatic carbocycles. The molecule has 6 heteroatoms. The normalized spacial score (nSPS) is 10.0. The van der Waals surface area contributed by atoms with Gasteiger partial charge in [0.1, 0.15) is 0 Å². The molecule has 60 valence electrons. The standard InChI is InChI=1S/C5H10N6/c6-2-1-4-8-10-5(3-7)11-9-4/h1-3,6-7H2. The van der Waals surface area contributed by atoms with E-state index in [4.69, 9.17) is 11.5 Å². The number of hydrogen-bond donors (Lipinski definition) is 2. The second-order valence-electron chi connectivity index (χ2n) is 1.98. The first-order chi connectivity index (χ1) is 5.36. The van der Waals surface area contributed by atoms with Crippen molar-refractivity contribution in [2.24, 2.45) is 11.5 Å². The predicted molar refractivity (Wildman–Crippen MR) is 38.3 cm³/mol. The molecular weight excluding hydrogens is 144 g/mol. The largest absolute Gasteiger partial charge is 0.330 e. The molecule has 0 aliphatic heterocycles. The highest BCUT2D eigenvalue weighted by Gasteiger charge is 1.97. The molecule has 1 rings (SSSR count). The molecule has 0 amide bonds. The van der Waals surface area contributed by atoms with Crippen molar-refractivity contribution in [3.05, 3.63) is 11.6 Å².